The molecule has 0 fully saturated rings. The largest absolute Gasteiger partial charge is 0.370 e. The Bertz CT molecular complexity index is 856. The van der Waals surface area contributed by atoms with Crippen LogP contribution in [0.2, 0.25) is 0 Å². The monoisotopic (exact) mass is 447 g/mol. The predicted molar refractivity (Wildman–Crippen MR) is 114 cm³/mol. The molecule has 2 aromatic carbocycles. The van der Waals surface area contributed by atoms with Gasteiger partial charge in [0.15, 0.2) is 5.96 Å². The molecule has 5 nitrogen and oxygen atoms in total. The Kier molecular flexibility index (Phi) is 6.58. The zero-order valence-electron chi connectivity index (χ0n) is 14.3. The summed E-state index contributed by atoms with van der Waals surface area (Å²) < 4.78 is 1.83. The summed E-state index contributed by atoms with van der Waals surface area (Å²) in [5, 5.41) is 7.42. The van der Waals surface area contributed by atoms with Gasteiger partial charge in [-0.05, 0) is 54.8 Å². The first-order chi connectivity index (χ1) is 11.6. The molecule has 1 aromatic heterocycles. The van der Waals surface area contributed by atoms with Gasteiger partial charge in [0.25, 0.3) is 0 Å². The number of guanidine groups is 1. The zero-order chi connectivity index (χ0) is 16.9. The number of aromatic nitrogens is 2. The van der Waals surface area contributed by atoms with Gasteiger partial charge in [-0.2, -0.15) is 5.10 Å². The molecule has 6 heteroatoms. The fourth-order valence-electron chi connectivity index (χ4n) is 2.46. The lowest BCUT2D eigenvalue weighted by molar-refractivity contribution is 0.858. The molecule has 0 saturated heterocycles. The van der Waals surface area contributed by atoms with Crippen molar-refractivity contribution < 1.29 is 0 Å². The molecule has 3 rings (SSSR count). The van der Waals surface area contributed by atoms with Crippen molar-refractivity contribution in [2.75, 3.05) is 5.32 Å². The number of para-hydroxylation sites is 1. The third kappa shape index (κ3) is 4.82. The number of nitrogens with one attached hydrogen (secondary N) is 1. The number of anilines is 1. The normalized spacial score (nSPS) is 11.0. The Labute approximate surface area is 165 Å². The van der Waals surface area contributed by atoms with Crippen molar-refractivity contribution in [1.29, 1.82) is 0 Å². The average molecular weight is 447 g/mol. The average Bonchev–Trinajstić information content (AvgIpc) is 3.11. The topological polar surface area (TPSA) is 68.2 Å². The number of aliphatic imine (C=N–C) groups is 1. The highest BCUT2D eigenvalue weighted by Crippen LogP contribution is 2.16. The van der Waals surface area contributed by atoms with Gasteiger partial charge < -0.3 is 11.1 Å². The van der Waals surface area contributed by atoms with Crippen LogP contribution in [0.15, 0.2) is 65.9 Å². The maximum atomic E-state index is 6.03. The van der Waals surface area contributed by atoms with Crippen LogP contribution in [-0.4, -0.2) is 15.7 Å². The van der Waals surface area contributed by atoms with E-state index in [0.717, 1.165) is 16.9 Å². The minimum atomic E-state index is 0. The maximum Gasteiger partial charge on any atom is 0.193 e. The highest BCUT2D eigenvalue weighted by Gasteiger charge is 2.04. The molecular weight excluding hydrogens is 425 g/mol. The molecule has 0 aliphatic rings. The lowest BCUT2D eigenvalue weighted by atomic mass is 10.1. The maximum absolute atomic E-state index is 6.03. The first-order valence-corrected chi connectivity index (χ1v) is 7.85. The SMILES string of the molecule is Cc1ccc(NC(N)=NCc2ccccc2-n2cccn2)cc1C.I. The van der Waals surface area contributed by atoms with E-state index in [1.165, 1.54) is 11.1 Å². The highest BCUT2D eigenvalue weighted by molar-refractivity contribution is 14.0. The Morgan fingerprint density at radius 2 is 1.92 bits per heavy atom. The molecular formula is C19H22IN5. The molecule has 0 radical (unpaired) electrons. The van der Waals surface area contributed by atoms with Crippen LogP contribution in [0.25, 0.3) is 5.69 Å². The molecule has 0 bridgehead atoms. The number of halogens is 1. The third-order valence-corrected chi connectivity index (χ3v) is 3.94. The van der Waals surface area contributed by atoms with Gasteiger partial charge >= 0.3 is 0 Å². The van der Waals surface area contributed by atoms with E-state index in [9.17, 15) is 0 Å². The van der Waals surface area contributed by atoms with Crippen molar-refractivity contribution in [3.8, 4) is 5.69 Å². The van der Waals surface area contributed by atoms with Crippen LogP contribution in [0, 0.1) is 13.8 Å². The first kappa shape index (κ1) is 19.0. The predicted octanol–water partition coefficient (Wildman–Crippen LogP) is 4.03. The number of nitrogens with zero attached hydrogens (tertiary/aromatic N) is 3. The van der Waals surface area contributed by atoms with Crippen molar-refractivity contribution in [1.82, 2.24) is 9.78 Å². The molecule has 1 heterocycles. The molecule has 0 aliphatic carbocycles. The summed E-state index contributed by atoms with van der Waals surface area (Å²) in [6, 6.07) is 16.1. The summed E-state index contributed by atoms with van der Waals surface area (Å²) in [7, 11) is 0. The van der Waals surface area contributed by atoms with Gasteiger partial charge in [0.2, 0.25) is 0 Å². The Balaban J connectivity index is 0.00000225. The van der Waals surface area contributed by atoms with Crippen LogP contribution >= 0.6 is 24.0 Å². The van der Waals surface area contributed by atoms with Crippen LogP contribution in [0.5, 0.6) is 0 Å². The van der Waals surface area contributed by atoms with E-state index >= 15 is 0 Å². The smallest absolute Gasteiger partial charge is 0.193 e. The van der Waals surface area contributed by atoms with Crippen molar-refractivity contribution in [2.45, 2.75) is 20.4 Å². The van der Waals surface area contributed by atoms with Crippen LogP contribution < -0.4 is 11.1 Å². The molecule has 0 atom stereocenters. The van der Waals surface area contributed by atoms with E-state index < -0.39 is 0 Å². The van der Waals surface area contributed by atoms with Crippen LogP contribution in [-0.2, 0) is 6.54 Å². The molecule has 0 amide bonds. The second kappa shape index (κ2) is 8.66. The number of nitrogens with two attached hydrogens (primary N) is 1. The number of benzene rings is 2. The van der Waals surface area contributed by atoms with Crippen molar-refractivity contribution >= 4 is 35.6 Å². The van der Waals surface area contributed by atoms with E-state index in [-0.39, 0.29) is 24.0 Å². The lowest BCUT2D eigenvalue weighted by Crippen LogP contribution is -2.22. The molecule has 0 unspecified atom stereocenters. The quantitative estimate of drug-likeness (QED) is 0.361. The molecule has 0 aliphatic heterocycles. The summed E-state index contributed by atoms with van der Waals surface area (Å²) in [5.41, 5.74) is 11.5. The van der Waals surface area contributed by atoms with E-state index in [1.54, 1.807) is 6.20 Å². The van der Waals surface area contributed by atoms with Crippen LogP contribution in [0.4, 0.5) is 5.69 Å². The summed E-state index contributed by atoms with van der Waals surface area (Å²) in [5.74, 6) is 0.397. The van der Waals surface area contributed by atoms with Crippen LogP contribution in [0.3, 0.4) is 0 Å². The number of aryl methyl sites for hydroxylation is 2. The van der Waals surface area contributed by atoms with E-state index in [4.69, 9.17) is 5.73 Å². The highest BCUT2D eigenvalue weighted by atomic mass is 127. The molecule has 130 valence electrons. The van der Waals surface area contributed by atoms with Gasteiger partial charge in [-0.3, -0.25) is 0 Å². The van der Waals surface area contributed by atoms with Crippen molar-refractivity contribution in [2.24, 2.45) is 10.7 Å². The van der Waals surface area contributed by atoms with Crippen molar-refractivity contribution in [3.63, 3.8) is 0 Å². The first-order valence-electron chi connectivity index (χ1n) is 7.85. The van der Waals surface area contributed by atoms with Gasteiger partial charge in [0, 0.05) is 18.1 Å². The number of hydrogen-bond acceptors (Lipinski definition) is 2. The Hall–Kier alpha value is -2.35. The molecule has 3 N–H and O–H groups in total. The van der Waals surface area contributed by atoms with Crippen LogP contribution in [0.1, 0.15) is 16.7 Å². The molecule has 0 spiro atoms. The standard InChI is InChI=1S/C19H21N5.HI/c1-14-8-9-17(12-15(14)2)23-19(20)21-13-16-6-3-4-7-18(16)24-11-5-10-22-24;/h3-12H,13H2,1-2H3,(H3,20,21,23);1H. The van der Waals surface area contributed by atoms with E-state index in [2.05, 4.69) is 41.4 Å². The Morgan fingerprint density at radius 3 is 2.64 bits per heavy atom. The zero-order valence-corrected chi connectivity index (χ0v) is 16.6. The second-order valence-corrected chi connectivity index (χ2v) is 5.70. The number of rotatable bonds is 4. The number of hydrogen-bond donors (Lipinski definition) is 2. The van der Waals surface area contributed by atoms with E-state index in [0.29, 0.717) is 12.5 Å². The minimum absolute atomic E-state index is 0. The van der Waals surface area contributed by atoms with Crippen molar-refractivity contribution in [3.05, 3.63) is 77.6 Å². The van der Waals surface area contributed by atoms with Gasteiger partial charge in [-0.15, -0.1) is 24.0 Å². The van der Waals surface area contributed by atoms with E-state index in [1.807, 2.05) is 47.3 Å². The summed E-state index contributed by atoms with van der Waals surface area (Å²) >= 11 is 0. The molecule has 0 saturated carbocycles. The Morgan fingerprint density at radius 1 is 1.12 bits per heavy atom. The summed E-state index contributed by atoms with van der Waals surface area (Å²) in [6.07, 6.45) is 3.68. The van der Waals surface area contributed by atoms with Gasteiger partial charge in [0.05, 0.1) is 12.2 Å². The lowest BCUT2D eigenvalue weighted by Gasteiger charge is -2.10. The van der Waals surface area contributed by atoms with Gasteiger partial charge in [0.1, 0.15) is 0 Å². The fraction of sp³-hybridized carbons (Fsp3) is 0.158. The fourth-order valence-corrected chi connectivity index (χ4v) is 2.46. The van der Waals surface area contributed by atoms with Gasteiger partial charge in [-0.25, -0.2) is 9.67 Å². The summed E-state index contributed by atoms with van der Waals surface area (Å²) in [6.45, 7) is 4.65. The summed E-state index contributed by atoms with van der Waals surface area (Å²) in [4.78, 5) is 4.45. The van der Waals surface area contributed by atoms with Gasteiger partial charge in [-0.1, -0.05) is 24.3 Å². The third-order valence-electron chi connectivity index (χ3n) is 3.94. The minimum Gasteiger partial charge on any atom is -0.370 e. The molecule has 25 heavy (non-hydrogen) atoms. The molecule has 3 aromatic rings. The second-order valence-electron chi connectivity index (χ2n) is 5.70.